The summed E-state index contributed by atoms with van der Waals surface area (Å²) in [5.74, 6) is 0.0891. The van der Waals surface area contributed by atoms with E-state index in [1.807, 2.05) is 19.1 Å². The molecule has 0 bridgehead atoms. The quantitative estimate of drug-likeness (QED) is 0.578. The Kier molecular flexibility index (Phi) is 6.31. The van der Waals surface area contributed by atoms with E-state index in [1.54, 1.807) is 30.3 Å². The second-order valence-corrected chi connectivity index (χ2v) is 8.31. The van der Waals surface area contributed by atoms with Gasteiger partial charge in [0, 0.05) is 12.3 Å². The third-order valence-electron chi connectivity index (χ3n) is 4.41. The summed E-state index contributed by atoms with van der Waals surface area (Å²) in [6.45, 7) is 1.83. The van der Waals surface area contributed by atoms with E-state index in [-0.39, 0.29) is 11.4 Å². The molecule has 0 fully saturated rings. The van der Waals surface area contributed by atoms with Gasteiger partial charge < -0.3 is 14.8 Å². The summed E-state index contributed by atoms with van der Waals surface area (Å²) in [5.41, 5.74) is 1.78. The van der Waals surface area contributed by atoms with E-state index in [0.29, 0.717) is 22.7 Å². The molecule has 0 saturated carbocycles. The molecule has 0 aliphatic rings. The fourth-order valence-corrected chi connectivity index (χ4v) is 4.08. The Labute approximate surface area is 174 Å². The van der Waals surface area contributed by atoms with Gasteiger partial charge >= 0.3 is 0 Å². The average molecular weight is 427 g/mol. The van der Waals surface area contributed by atoms with Gasteiger partial charge in [-0.3, -0.25) is 4.79 Å². The highest BCUT2D eigenvalue weighted by Crippen LogP contribution is 2.29. The molecule has 9 heteroatoms. The highest BCUT2D eigenvalue weighted by Gasteiger charge is 2.22. The molecule has 3 rings (SSSR count). The first-order valence-electron chi connectivity index (χ1n) is 8.97. The molecule has 8 nitrogen and oxygen atoms in total. The van der Waals surface area contributed by atoms with E-state index in [2.05, 4.69) is 15.3 Å². The normalized spacial score (nSPS) is 11.0. The number of nitrogens with one attached hydrogen (secondary N) is 1. The molecule has 0 unspecified atom stereocenters. The van der Waals surface area contributed by atoms with Gasteiger partial charge in [0.2, 0.25) is 15.0 Å². The van der Waals surface area contributed by atoms with Crippen molar-refractivity contribution in [2.24, 2.45) is 0 Å². The number of aryl methyl sites for hydroxylation is 1. The first kappa shape index (κ1) is 21.3. The minimum Gasteiger partial charge on any atom is -0.497 e. The molecule has 156 valence electrons. The summed E-state index contributed by atoms with van der Waals surface area (Å²) >= 11 is 0. The van der Waals surface area contributed by atoms with Gasteiger partial charge in [0.1, 0.15) is 17.2 Å². The molecule has 1 aromatic heterocycles. The Balaban J connectivity index is 1.86. The first-order chi connectivity index (χ1) is 14.3. The number of amides is 1. The largest absolute Gasteiger partial charge is 0.497 e. The van der Waals surface area contributed by atoms with Gasteiger partial charge in [-0.25, -0.2) is 18.4 Å². The molecule has 1 heterocycles. The molecule has 0 radical (unpaired) electrons. The molecule has 0 atom stereocenters. The van der Waals surface area contributed by atoms with E-state index in [9.17, 15) is 13.2 Å². The van der Waals surface area contributed by atoms with Crippen molar-refractivity contribution >= 4 is 21.4 Å². The zero-order valence-corrected chi connectivity index (χ0v) is 17.6. The van der Waals surface area contributed by atoms with Gasteiger partial charge in [0.25, 0.3) is 5.91 Å². The predicted molar refractivity (Wildman–Crippen MR) is 112 cm³/mol. The number of anilines is 1. The Morgan fingerprint density at radius 2 is 1.83 bits per heavy atom. The number of hydrogen-bond donors (Lipinski definition) is 1. The zero-order valence-electron chi connectivity index (χ0n) is 16.7. The maximum atomic E-state index is 12.8. The SMILES string of the molecule is COc1ccc(OC)c(NC(=O)c2ccnc(S(=O)(=O)Cc3ccccc3C)n2)c1. The van der Waals surface area contributed by atoms with Crippen LogP contribution < -0.4 is 14.8 Å². The first-order valence-corrected chi connectivity index (χ1v) is 10.6. The van der Waals surface area contributed by atoms with Crippen molar-refractivity contribution in [3.05, 3.63) is 71.5 Å². The van der Waals surface area contributed by atoms with Crippen LogP contribution >= 0.6 is 0 Å². The summed E-state index contributed by atoms with van der Waals surface area (Å²) in [5, 5.41) is 2.25. The topological polar surface area (TPSA) is 107 Å². The Morgan fingerprint density at radius 1 is 1.07 bits per heavy atom. The lowest BCUT2D eigenvalue weighted by Gasteiger charge is -2.12. The molecule has 0 aliphatic heterocycles. The lowest BCUT2D eigenvalue weighted by Crippen LogP contribution is -2.18. The summed E-state index contributed by atoms with van der Waals surface area (Å²) in [7, 11) is -0.861. The summed E-state index contributed by atoms with van der Waals surface area (Å²) < 4.78 is 36.0. The lowest BCUT2D eigenvalue weighted by atomic mass is 10.1. The van der Waals surface area contributed by atoms with Crippen LogP contribution in [0.3, 0.4) is 0 Å². The molecule has 0 spiro atoms. The maximum Gasteiger partial charge on any atom is 0.274 e. The number of benzene rings is 2. The Bertz CT molecular complexity index is 1180. The van der Waals surface area contributed by atoms with Crippen LogP contribution in [0.25, 0.3) is 0 Å². The third kappa shape index (κ3) is 4.74. The number of nitrogens with zero attached hydrogens (tertiary/aromatic N) is 2. The van der Waals surface area contributed by atoms with Gasteiger partial charge in [-0.15, -0.1) is 0 Å². The van der Waals surface area contributed by atoms with E-state index in [1.165, 1.54) is 26.5 Å². The number of sulfone groups is 1. The summed E-state index contributed by atoms with van der Waals surface area (Å²) in [6, 6.07) is 13.4. The molecule has 30 heavy (non-hydrogen) atoms. The van der Waals surface area contributed by atoms with E-state index < -0.39 is 20.9 Å². The Hall–Kier alpha value is -3.46. The molecule has 1 N–H and O–H groups in total. The van der Waals surface area contributed by atoms with Crippen molar-refractivity contribution in [2.45, 2.75) is 17.8 Å². The summed E-state index contributed by atoms with van der Waals surface area (Å²) in [4.78, 5) is 20.5. The molecule has 0 saturated heterocycles. The van der Waals surface area contributed by atoms with E-state index in [0.717, 1.165) is 5.56 Å². The highest BCUT2D eigenvalue weighted by atomic mass is 32.2. The van der Waals surface area contributed by atoms with Crippen molar-refractivity contribution in [3.63, 3.8) is 0 Å². The van der Waals surface area contributed by atoms with Crippen molar-refractivity contribution in [1.82, 2.24) is 9.97 Å². The van der Waals surface area contributed by atoms with Crippen LogP contribution in [0, 0.1) is 6.92 Å². The number of aromatic nitrogens is 2. The van der Waals surface area contributed by atoms with Crippen LogP contribution in [0.1, 0.15) is 21.6 Å². The van der Waals surface area contributed by atoms with E-state index >= 15 is 0 Å². The Morgan fingerprint density at radius 3 is 2.53 bits per heavy atom. The number of ether oxygens (including phenoxy) is 2. The van der Waals surface area contributed by atoms with E-state index in [4.69, 9.17) is 9.47 Å². The monoisotopic (exact) mass is 427 g/mol. The number of methoxy groups -OCH3 is 2. The van der Waals surface area contributed by atoms with Crippen LogP contribution in [0.2, 0.25) is 0 Å². The molecule has 2 aromatic carbocycles. The maximum absolute atomic E-state index is 12.8. The molecule has 0 aliphatic carbocycles. The van der Waals surface area contributed by atoms with Crippen molar-refractivity contribution in [3.8, 4) is 11.5 Å². The van der Waals surface area contributed by atoms with Gasteiger partial charge in [-0.05, 0) is 36.2 Å². The highest BCUT2D eigenvalue weighted by molar-refractivity contribution is 7.90. The second kappa shape index (κ2) is 8.91. The fourth-order valence-electron chi connectivity index (χ4n) is 2.76. The molecular weight excluding hydrogens is 406 g/mol. The van der Waals surface area contributed by atoms with Crippen molar-refractivity contribution < 1.29 is 22.7 Å². The van der Waals surface area contributed by atoms with Crippen LogP contribution in [0.5, 0.6) is 11.5 Å². The zero-order chi connectivity index (χ0) is 21.7. The van der Waals surface area contributed by atoms with Gasteiger partial charge in [0.05, 0.1) is 25.7 Å². The fraction of sp³-hybridized carbons (Fsp3) is 0.190. The average Bonchev–Trinajstić information content (AvgIpc) is 2.75. The van der Waals surface area contributed by atoms with Gasteiger partial charge in [0.15, 0.2) is 0 Å². The minimum atomic E-state index is -3.84. The van der Waals surface area contributed by atoms with Crippen molar-refractivity contribution in [1.29, 1.82) is 0 Å². The number of carbonyl (C=O) groups excluding carboxylic acids is 1. The van der Waals surface area contributed by atoms with Crippen molar-refractivity contribution in [2.75, 3.05) is 19.5 Å². The summed E-state index contributed by atoms with van der Waals surface area (Å²) in [6.07, 6.45) is 1.25. The second-order valence-electron chi connectivity index (χ2n) is 6.43. The van der Waals surface area contributed by atoms with Gasteiger partial charge in [-0.2, -0.15) is 0 Å². The standard InChI is InChI=1S/C21H21N3O5S/c1-14-6-4-5-7-15(14)13-30(26,27)21-22-11-10-17(24-21)20(25)23-18-12-16(28-2)8-9-19(18)29-3/h4-12H,13H2,1-3H3,(H,23,25). The number of carbonyl (C=O) groups is 1. The molecule has 3 aromatic rings. The number of rotatable bonds is 7. The molecule has 1 amide bonds. The van der Waals surface area contributed by atoms with Crippen LogP contribution in [-0.4, -0.2) is 38.5 Å². The van der Waals surface area contributed by atoms with Crippen LogP contribution in [0.15, 0.2) is 59.9 Å². The van der Waals surface area contributed by atoms with Gasteiger partial charge in [-0.1, -0.05) is 24.3 Å². The number of hydrogen-bond acceptors (Lipinski definition) is 7. The third-order valence-corrected chi connectivity index (χ3v) is 5.85. The lowest BCUT2D eigenvalue weighted by molar-refractivity contribution is 0.102. The van der Waals surface area contributed by atoms with Crippen LogP contribution in [0.4, 0.5) is 5.69 Å². The smallest absolute Gasteiger partial charge is 0.274 e. The predicted octanol–water partition coefficient (Wildman–Crippen LogP) is 3.03. The molecular formula is C21H21N3O5S. The van der Waals surface area contributed by atoms with Crippen LogP contribution in [-0.2, 0) is 15.6 Å². The minimum absolute atomic E-state index is 0.0850.